The van der Waals surface area contributed by atoms with Gasteiger partial charge < -0.3 is 35.0 Å². The summed E-state index contributed by atoms with van der Waals surface area (Å²) >= 11 is 0. The maximum Gasteiger partial charge on any atom is 0.333 e. The lowest BCUT2D eigenvalue weighted by Crippen LogP contribution is -2.59. The first-order valence-corrected chi connectivity index (χ1v) is 9.65. The Morgan fingerprint density at radius 3 is 2.47 bits per heavy atom. The van der Waals surface area contributed by atoms with Crippen molar-refractivity contribution < 1.29 is 44.6 Å². The van der Waals surface area contributed by atoms with Gasteiger partial charge in [-0.3, -0.25) is 4.79 Å². The van der Waals surface area contributed by atoms with Crippen LogP contribution >= 0.6 is 0 Å². The molecule has 0 spiro atoms. The fourth-order valence-corrected chi connectivity index (χ4v) is 3.66. The van der Waals surface area contributed by atoms with Crippen molar-refractivity contribution in [2.24, 2.45) is 5.41 Å². The first kappa shape index (κ1) is 24.4. The Kier molecular flexibility index (Phi) is 7.39. The third-order valence-electron chi connectivity index (χ3n) is 5.64. The van der Waals surface area contributed by atoms with Crippen molar-refractivity contribution in [1.82, 2.24) is 0 Å². The van der Waals surface area contributed by atoms with Crippen LogP contribution in [0, 0.1) is 5.41 Å². The van der Waals surface area contributed by atoms with Crippen LogP contribution in [0.15, 0.2) is 35.5 Å². The lowest BCUT2D eigenvalue weighted by atomic mass is 9.64. The average Bonchev–Trinajstić information content (AvgIpc) is 2.64. The van der Waals surface area contributed by atoms with Crippen LogP contribution in [0.1, 0.15) is 34.1 Å². The molecule has 0 bridgehead atoms. The largest absolute Gasteiger partial charge is 0.430 e. The van der Waals surface area contributed by atoms with Gasteiger partial charge in [-0.25, -0.2) is 4.79 Å². The summed E-state index contributed by atoms with van der Waals surface area (Å²) in [5, 5.41) is 49.7. The quantitative estimate of drug-likeness (QED) is 0.222. The Morgan fingerprint density at radius 1 is 1.27 bits per heavy atom. The van der Waals surface area contributed by atoms with E-state index >= 15 is 0 Å². The highest BCUT2D eigenvalue weighted by Crippen LogP contribution is 2.44. The number of rotatable bonds is 5. The number of carbonyl (C=O) groups excluding carboxylic acids is 2. The Hall–Kier alpha value is -1.88. The van der Waals surface area contributed by atoms with E-state index in [1.807, 2.05) is 0 Å². The van der Waals surface area contributed by atoms with Crippen LogP contribution in [-0.4, -0.2) is 80.2 Å². The molecule has 9 nitrogen and oxygen atoms in total. The van der Waals surface area contributed by atoms with Crippen LogP contribution in [0.2, 0.25) is 0 Å². The zero-order valence-electron chi connectivity index (χ0n) is 17.5. The first-order chi connectivity index (χ1) is 13.8. The van der Waals surface area contributed by atoms with Gasteiger partial charge in [-0.05, 0) is 37.1 Å². The van der Waals surface area contributed by atoms with E-state index in [1.54, 1.807) is 27.7 Å². The lowest BCUT2D eigenvalue weighted by molar-refractivity contribution is -0.291. The molecule has 6 atom stereocenters. The van der Waals surface area contributed by atoms with Gasteiger partial charge in [0.05, 0.1) is 6.61 Å². The maximum atomic E-state index is 12.2. The molecule has 1 saturated heterocycles. The van der Waals surface area contributed by atoms with E-state index in [4.69, 9.17) is 9.47 Å². The number of hydrogen-bond donors (Lipinski definition) is 5. The lowest BCUT2D eigenvalue weighted by Gasteiger charge is -2.44. The molecule has 2 aliphatic rings. The molecule has 1 aliphatic heterocycles. The van der Waals surface area contributed by atoms with Crippen molar-refractivity contribution in [3.8, 4) is 0 Å². The number of ketones is 1. The van der Waals surface area contributed by atoms with E-state index < -0.39 is 54.3 Å². The second kappa shape index (κ2) is 9.09. The molecule has 1 heterocycles. The van der Waals surface area contributed by atoms with E-state index in [0.29, 0.717) is 11.1 Å². The van der Waals surface area contributed by atoms with E-state index in [0.717, 1.165) is 6.08 Å². The van der Waals surface area contributed by atoms with E-state index in [9.17, 15) is 35.1 Å². The molecule has 1 aliphatic carbocycles. The van der Waals surface area contributed by atoms with E-state index in [2.05, 4.69) is 0 Å². The first-order valence-electron chi connectivity index (χ1n) is 9.65. The zero-order valence-corrected chi connectivity index (χ0v) is 17.5. The van der Waals surface area contributed by atoms with Crippen molar-refractivity contribution in [2.45, 2.75) is 70.4 Å². The molecule has 168 valence electrons. The van der Waals surface area contributed by atoms with Gasteiger partial charge in [-0.2, -0.15) is 0 Å². The predicted octanol–water partition coefficient (Wildman–Crippen LogP) is -0.492. The van der Waals surface area contributed by atoms with Crippen molar-refractivity contribution >= 4 is 11.8 Å². The Labute approximate surface area is 174 Å². The number of aliphatic hydroxyl groups excluding tert-OH is 4. The number of hydrogen-bond acceptors (Lipinski definition) is 9. The maximum absolute atomic E-state index is 12.2. The van der Waals surface area contributed by atoms with Crippen LogP contribution in [0.4, 0.5) is 0 Å². The van der Waals surface area contributed by atoms with Gasteiger partial charge in [-0.15, -0.1) is 0 Å². The van der Waals surface area contributed by atoms with Gasteiger partial charge in [0.25, 0.3) is 0 Å². The highest BCUT2D eigenvalue weighted by Gasteiger charge is 2.47. The summed E-state index contributed by atoms with van der Waals surface area (Å²) in [6.07, 6.45) is -1.95. The molecular weight excluding hydrogens is 396 g/mol. The number of esters is 1. The molecule has 0 aromatic carbocycles. The molecule has 1 fully saturated rings. The minimum Gasteiger partial charge on any atom is -0.430 e. The van der Waals surface area contributed by atoms with E-state index in [1.165, 1.54) is 18.2 Å². The van der Waals surface area contributed by atoms with Gasteiger partial charge in [0.1, 0.15) is 30.0 Å². The highest BCUT2D eigenvalue weighted by molar-refractivity contribution is 5.92. The standard InChI is InChI=1S/C21H30O9/c1-11(5-6-21(28)12(2)8-13(23)9-20(21,3)4)7-15(24)30-19-18(27)17(26)16(25)14(10-22)29-19/h5-8,14,16-19,22,25-28H,9-10H2,1-4H3/b6-5+,11-7-/t14-,16-,17+,18-,19+,21-/m1/s1. The minimum atomic E-state index is -1.69. The zero-order chi connectivity index (χ0) is 22.9. The van der Waals surface area contributed by atoms with Gasteiger partial charge >= 0.3 is 5.97 Å². The molecule has 0 saturated carbocycles. The number of ether oxygens (including phenoxy) is 2. The summed E-state index contributed by atoms with van der Waals surface area (Å²) in [5.41, 5.74) is -1.21. The van der Waals surface area contributed by atoms with E-state index in [-0.39, 0.29) is 12.2 Å². The molecule has 0 aromatic heterocycles. The second-order valence-electron chi connectivity index (χ2n) is 8.48. The molecule has 0 unspecified atom stereocenters. The summed E-state index contributed by atoms with van der Waals surface area (Å²) in [6, 6.07) is 0. The Morgan fingerprint density at radius 2 is 1.90 bits per heavy atom. The van der Waals surface area contributed by atoms with Crippen LogP contribution in [0.25, 0.3) is 0 Å². The Bertz CT molecular complexity index is 764. The average molecular weight is 426 g/mol. The summed E-state index contributed by atoms with van der Waals surface area (Å²) in [6.45, 7) is 6.17. The summed E-state index contributed by atoms with van der Waals surface area (Å²) in [7, 11) is 0. The van der Waals surface area contributed by atoms with Crippen molar-refractivity contribution in [3.63, 3.8) is 0 Å². The summed E-state index contributed by atoms with van der Waals surface area (Å²) < 4.78 is 10.1. The van der Waals surface area contributed by atoms with Crippen molar-refractivity contribution in [2.75, 3.05) is 6.61 Å². The third-order valence-corrected chi connectivity index (χ3v) is 5.64. The predicted molar refractivity (Wildman–Crippen MR) is 105 cm³/mol. The molecule has 30 heavy (non-hydrogen) atoms. The molecule has 0 aromatic rings. The smallest absolute Gasteiger partial charge is 0.333 e. The van der Waals surface area contributed by atoms with Crippen LogP contribution in [-0.2, 0) is 19.1 Å². The fraction of sp³-hybridized carbons (Fsp3) is 0.619. The second-order valence-corrected chi connectivity index (χ2v) is 8.48. The molecule has 0 radical (unpaired) electrons. The molecule has 0 amide bonds. The topological polar surface area (TPSA) is 154 Å². The van der Waals surface area contributed by atoms with Gasteiger partial charge in [0, 0.05) is 17.9 Å². The molecule has 5 N–H and O–H groups in total. The normalized spacial score (nSPS) is 37.2. The number of carbonyl (C=O) groups is 2. The van der Waals surface area contributed by atoms with Crippen LogP contribution < -0.4 is 0 Å². The summed E-state index contributed by atoms with van der Waals surface area (Å²) in [4.78, 5) is 24.0. The van der Waals surface area contributed by atoms with Gasteiger partial charge in [0.2, 0.25) is 6.29 Å². The van der Waals surface area contributed by atoms with Crippen molar-refractivity contribution in [3.05, 3.63) is 35.5 Å². The number of aliphatic hydroxyl groups is 5. The van der Waals surface area contributed by atoms with Gasteiger partial charge in [-0.1, -0.05) is 19.9 Å². The minimum absolute atomic E-state index is 0.0639. The summed E-state index contributed by atoms with van der Waals surface area (Å²) in [5.74, 6) is -0.954. The monoisotopic (exact) mass is 426 g/mol. The molecule has 2 rings (SSSR count). The SMILES string of the molecule is CC1=CC(=O)CC(C)(C)[C@@]1(O)/C=C/C(C)=C\C(=O)O[C@@H]1O[C@H](CO)[C@@H](O)[C@H](O)[C@H]1O. The third kappa shape index (κ3) is 4.88. The molecule has 9 heteroatoms. The number of allylic oxidation sites excluding steroid dienone is 3. The highest BCUT2D eigenvalue weighted by atomic mass is 16.7. The van der Waals surface area contributed by atoms with Gasteiger partial charge in [0.15, 0.2) is 5.78 Å². The Balaban J connectivity index is 2.11. The van der Waals surface area contributed by atoms with Crippen LogP contribution in [0.3, 0.4) is 0 Å². The molecular formula is C21H30O9. The fourth-order valence-electron chi connectivity index (χ4n) is 3.66. The van der Waals surface area contributed by atoms with Crippen LogP contribution in [0.5, 0.6) is 0 Å². The van der Waals surface area contributed by atoms with Crippen molar-refractivity contribution in [1.29, 1.82) is 0 Å².